The van der Waals surface area contributed by atoms with Gasteiger partial charge in [-0.3, -0.25) is 4.98 Å². The number of rotatable bonds is 6. The third kappa shape index (κ3) is 5.50. The molecule has 2 amide bonds. The van der Waals surface area contributed by atoms with Crippen molar-refractivity contribution in [2.75, 3.05) is 5.32 Å². The first-order chi connectivity index (χ1) is 13.5. The molecule has 5 nitrogen and oxygen atoms in total. The van der Waals surface area contributed by atoms with Gasteiger partial charge in [-0.2, -0.15) is 0 Å². The molecule has 3 rings (SSSR count). The standard InChI is InChI=1S/C20H16BrF2N3O2/c21-16-8-17(22)18(23)9-19(16)28-12-13-3-5-15(6-4-13)26-20(27)25-11-14-2-1-7-24-10-14/h1-10H,11-12H2,(H2,25,26,27). The molecule has 0 saturated heterocycles. The minimum absolute atomic E-state index is 0.164. The Morgan fingerprint density at radius 2 is 1.82 bits per heavy atom. The molecule has 1 heterocycles. The average Bonchev–Trinajstić information content (AvgIpc) is 2.70. The van der Waals surface area contributed by atoms with Crippen LogP contribution in [0.1, 0.15) is 11.1 Å². The maximum absolute atomic E-state index is 13.3. The molecular weight excluding hydrogens is 432 g/mol. The first kappa shape index (κ1) is 19.8. The number of carbonyl (C=O) groups excluding carboxylic acids is 1. The van der Waals surface area contributed by atoms with E-state index in [9.17, 15) is 13.6 Å². The quantitative estimate of drug-likeness (QED) is 0.521. The zero-order valence-electron chi connectivity index (χ0n) is 14.6. The van der Waals surface area contributed by atoms with E-state index in [2.05, 4.69) is 31.5 Å². The summed E-state index contributed by atoms with van der Waals surface area (Å²) in [4.78, 5) is 15.9. The van der Waals surface area contributed by atoms with Gasteiger partial charge in [-0.1, -0.05) is 18.2 Å². The predicted molar refractivity (Wildman–Crippen MR) is 105 cm³/mol. The van der Waals surface area contributed by atoms with Crippen molar-refractivity contribution >= 4 is 27.6 Å². The normalized spacial score (nSPS) is 10.4. The van der Waals surface area contributed by atoms with Crippen molar-refractivity contribution in [2.45, 2.75) is 13.2 Å². The van der Waals surface area contributed by atoms with E-state index in [0.717, 1.165) is 23.3 Å². The van der Waals surface area contributed by atoms with Gasteiger partial charge in [-0.25, -0.2) is 13.6 Å². The summed E-state index contributed by atoms with van der Waals surface area (Å²) in [5.41, 5.74) is 2.31. The van der Waals surface area contributed by atoms with Crippen LogP contribution < -0.4 is 15.4 Å². The molecule has 0 bridgehead atoms. The maximum atomic E-state index is 13.3. The van der Waals surface area contributed by atoms with Crippen LogP contribution in [0.2, 0.25) is 0 Å². The zero-order chi connectivity index (χ0) is 19.9. The van der Waals surface area contributed by atoms with Crippen molar-refractivity contribution in [3.05, 3.63) is 88.2 Å². The van der Waals surface area contributed by atoms with Crippen molar-refractivity contribution < 1.29 is 18.3 Å². The van der Waals surface area contributed by atoms with Gasteiger partial charge < -0.3 is 15.4 Å². The molecule has 28 heavy (non-hydrogen) atoms. The number of hydrogen-bond acceptors (Lipinski definition) is 3. The molecule has 0 saturated carbocycles. The molecule has 144 valence electrons. The van der Waals surface area contributed by atoms with Gasteiger partial charge in [0.25, 0.3) is 0 Å². The van der Waals surface area contributed by atoms with E-state index in [1.165, 1.54) is 0 Å². The van der Waals surface area contributed by atoms with Crippen LogP contribution >= 0.6 is 15.9 Å². The molecule has 3 aromatic rings. The Balaban J connectivity index is 1.50. The van der Waals surface area contributed by atoms with E-state index in [4.69, 9.17) is 4.74 Å². The molecule has 0 spiro atoms. The number of amides is 2. The highest BCUT2D eigenvalue weighted by atomic mass is 79.9. The van der Waals surface area contributed by atoms with Crippen molar-refractivity contribution in [3.63, 3.8) is 0 Å². The van der Waals surface area contributed by atoms with Crippen molar-refractivity contribution in [1.29, 1.82) is 0 Å². The first-order valence-corrected chi connectivity index (χ1v) is 9.10. The van der Waals surface area contributed by atoms with Gasteiger partial charge in [-0.05, 0) is 51.3 Å². The Hall–Kier alpha value is -3.00. The molecule has 0 atom stereocenters. The lowest BCUT2D eigenvalue weighted by Crippen LogP contribution is -2.28. The Morgan fingerprint density at radius 1 is 1.07 bits per heavy atom. The van der Waals surface area contributed by atoms with Crippen LogP contribution in [0.4, 0.5) is 19.3 Å². The Bertz CT molecular complexity index is 954. The fourth-order valence-electron chi connectivity index (χ4n) is 2.32. The summed E-state index contributed by atoms with van der Waals surface area (Å²) < 4.78 is 32.3. The van der Waals surface area contributed by atoms with E-state index in [1.54, 1.807) is 42.7 Å². The van der Waals surface area contributed by atoms with Crippen LogP contribution in [0.5, 0.6) is 5.75 Å². The average molecular weight is 448 g/mol. The summed E-state index contributed by atoms with van der Waals surface area (Å²) in [5, 5.41) is 5.46. The van der Waals surface area contributed by atoms with Crippen LogP contribution in [0.25, 0.3) is 0 Å². The van der Waals surface area contributed by atoms with Crippen LogP contribution in [0.15, 0.2) is 65.4 Å². The van der Waals surface area contributed by atoms with Crippen molar-refractivity contribution in [2.24, 2.45) is 0 Å². The van der Waals surface area contributed by atoms with Gasteiger partial charge in [0.15, 0.2) is 11.6 Å². The van der Waals surface area contributed by atoms with Crippen molar-refractivity contribution in [3.8, 4) is 5.75 Å². The smallest absolute Gasteiger partial charge is 0.319 e. The number of pyridine rings is 1. The molecule has 1 aromatic heterocycles. The fraction of sp³-hybridized carbons (Fsp3) is 0.100. The minimum atomic E-state index is -0.977. The highest BCUT2D eigenvalue weighted by Crippen LogP contribution is 2.28. The minimum Gasteiger partial charge on any atom is -0.488 e. The molecule has 0 fully saturated rings. The number of aromatic nitrogens is 1. The van der Waals surface area contributed by atoms with Crippen LogP contribution in [-0.2, 0) is 13.2 Å². The number of hydrogen-bond donors (Lipinski definition) is 2. The van der Waals surface area contributed by atoms with Gasteiger partial charge >= 0.3 is 6.03 Å². The van der Waals surface area contributed by atoms with E-state index in [0.29, 0.717) is 16.7 Å². The molecule has 2 N–H and O–H groups in total. The number of anilines is 1. The Morgan fingerprint density at radius 3 is 2.54 bits per heavy atom. The van der Waals surface area contributed by atoms with E-state index < -0.39 is 11.6 Å². The molecule has 0 unspecified atom stereocenters. The molecular formula is C20H16BrF2N3O2. The van der Waals surface area contributed by atoms with Gasteiger partial charge in [0, 0.05) is 30.7 Å². The zero-order valence-corrected chi connectivity index (χ0v) is 16.2. The molecule has 0 aliphatic carbocycles. The summed E-state index contributed by atoms with van der Waals surface area (Å²) in [6, 6.07) is 12.3. The number of halogens is 3. The maximum Gasteiger partial charge on any atom is 0.319 e. The van der Waals surface area contributed by atoms with E-state index in [1.807, 2.05) is 6.07 Å². The lowest BCUT2D eigenvalue weighted by Gasteiger charge is -2.10. The van der Waals surface area contributed by atoms with Crippen LogP contribution in [-0.4, -0.2) is 11.0 Å². The molecule has 0 aliphatic rings. The predicted octanol–water partition coefficient (Wildman–Crippen LogP) is 5.02. The number of urea groups is 1. The molecule has 0 aliphatic heterocycles. The van der Waals surface area contributed by atoms with Crippen molar-refractivity contribution in [1.82, 2.24) is 10.3 Å². The Labute approximate surface area is 168 Å². The van der Waals surface area contributed by atoms with Crippen LogP contribution in [0, 0.1) is 11.6 Å². The first-order valence-electron chi connectivity index (χ1n) is 8.31. The lowest BCUT2D eigenvalue weighted by atomic mass is 10.2. The summed E-state index contributed by atoms with van der Waals surface area (Å²) in [6.45, 7) is 0.534. The largest absolute Gasteiger partial charge is 0.488 e. The lowest BCUT2D eigenvalue weighted by molar-refractivity contribution is 0.251. The SMILES string of the molecule is O=C(NCc1cccnc1)Nc1ccc(COc2cc(F)c(F)cc2Br)cc1. The second-order valence-corrected chi connectivity index (χ2v) is 6.71. The molecule has 8 heteroatoms. The third-order valence-electron chi connectivity index (χ3n) is 3.76. The Kier molecular flexibility index (Phi) is 6.54. The summed E-state index contributed by atoms with van der Waals surface area (Å²) in [5.74, 6) is -1.72. The van der Waals surface area contributed by atoms with Gasteiger partial charge in [0.2, 0.25) is 0 Å². The third-order valence-corrected chi connectivity index (χ3v) is 4.38. The summed E-state index contributed by atoms with van der Waals surface area (Å²) in [6.07, 6.45) is 3.35. The van der Waals surface area contributed by atoms with Gasteiger partial charge in [0.05, 0.1) is 4.47 Å². The second-order valence-electron chi connectivity index (χ2n) is 5.85. The number of carbonyl (C=O) groups is 1. The van der Waals surface area contributed by atoms with Crippen LogP contribution in [0.3, 0.4) is 0 Å². The van der Waals surface area contributed by atoms with Gasteiger partial charge in [-0.15, -0.1) is 0 Å². The number of nitrogens with zero attached hydrogens (tertiary/aromatic N) is 1. The molecule has 0 radical (unpaired) electrons. The molecule has 2 aromatic carbocycles. The highest BCUT2D eigenvalue weighted by Gasteiger charge is 2.09. The van der Waals surface area contributed by atoms with E-state index in [-0.39, 0.29) is 18.4 Å². The number of benzene rings is 2. The number of ether oxygens (including phenoxy) is 1. The highest BCUT2D eigenvalue weighted by molar-refractivity contribution is 9.10. The fourth-order valence-corrected chi connectivity index (χ4v) is 2.75. The van der Waals surface area contributed by atoms with E-state index >= 15 is 0 Å². The topological polar surface area (TPSA) is 63.2 Å². The monoisotopic (exact) mass is 447 g/mol. The summed E-state index contributed by atoms with van der Waals surface area (Å²) in [7, 11) is 0. The second kappa shape index (κ2) is 9.27. The summed E-state index contributed by atoms with van der Waals surface area (Å²) >= 11 is 3.14. The number of nitrogens with one attached hydrogen (secondary N) is 2. The van der Waals surface area contributed by atoms with Gasteiger partial charge in [0.1, 0.15) is 12.4 Å².